The van der Waals surface area contributed by atoms with Gasteiger partial charge in [-0.15, -0.1) is 0 Å². The van der Waals surface area contributed by atoms with E-state index in [4.69, 9.17) is 4.74 Å². The highest BCUT2D eigenvalue weighted by molar-refractivity contribution is 6.01. The van der Waals surface area contributed by atoms with Crippen LogP contribution in [0.3, 0.4) is 0 Å². The molecule has 0 aliphatic carbocycles. The summed E-state index contributed by atoms with van der Waals surface area (Å²) in [6, 6.07) is 12.9. The molecule has 0 aromatic heterocycles. The first-order valence-corrected chi connectivity index (χ1v) is 10.0. The predicted molar refractivity (Wildman–Crippen MR) is 107 cm³/mol. The number of likely N-dealkylation sites (tertiary alicyclic amines) is 1. The molecule has 4 rings (SSSR count). The molecule has 29 heavy (non-hydrogen) atoms. The number of ether oxygens (including phenoxy) is 1. The Morgan fingerprint density at radius 2 is 1.79 bits per heavy atom. The Bertz CT molecular complexity index is 893. The summed E-state index contributed by atoms with van der Waals surface area (Å²) in [7, 11) is 1.59. The van der Waals surface area contributed by atoms with Crippen LogP contribution in [0.4, 0.5) is 4.39 Å². The number of amides is 2. The summed E-state index contributed by atoms with van der Waals surface area (Å²) in [5.74, 6) is -0.969. The molecular weight excluding hydrogens is 371 g/mol. The number of hydrogen-bond acceptors (Lipinski definition) is 3. The molecule has 0 N–H and O–H groups in total. The van der Waals surface area contributed by atoms with E-state index in [1.165, 1.54) is 12.1 Å². The number of methoxy groups -OCH3 is 1. The summed E-state index contributed by atoms with van der Waals surface area (Å²) < 4.78 is 18.8. The second kappa shape index (κ2) is 8.33. The smallest absolute Gasteiger partial charge is 0.254 e. The van der Waals surface area contributed by atoms with Gasteiger partial charge in [-0.05, 0) is 42.2 Å². The fourth-order valence-corrected chi connectivity index (χ4v) is 4.46. The lowest BCUT2D eigenvalue weighted by Gasteiger charge is -2.42. The molecule has 2 aromatic rings. The minimum Gasteiger partial charge on any atom is -0.383 e. The van der Waals surface area contributed by atoms with Crippen LogP contribution in [-0.2, 0) is 9.53 Å². The zero-order chi connectivity index (χ0) is 20.4. The van der Waals surface area contributed by atoms with Crippen molar-refractivity contribution < 1.29 is 18.7 Å². The van der Waals surface area contributed by atoms with E-state index in [-0.39, 0.29) is 17.6 Å². The zero-order valence-electron chi connectivity index (χ0n) is 16.5. The van der Waals surface area contributed by atoms with Crippen molar-refractivity contribution in [2.45, 2.75) is 24.8 Å². The van der Waals surface area contributed by atoms with E-state index < -0.39 is 12.0 Å². The van der Waals surface area contributed by atoms with E-state index in [1.807, 2.05) is 23.1 Å². The summed E-state index contributed by atoms with van der Waals surface area (Å²) in [5.41, 5.74) is 2.06. The van der Waals surface area contributed by atoms with Crippen LogP contribution in [0.2, 0.25) is 0 Å². The van der Waals surface area contributed by atoms with Gasteiger partial charge in [-0.1, -0.05) is 30.3 Å². The van der Waals surface area contributed by atoms with E-state index in [0.717, 1.165) is 37.1 Å². The highest BCUT2D eigenvalue weighted by Crippen LogP contribution is 2.44. The molecular formula is C23H25FN2O3. The number of benzene rings is 2. The molecule has 0 spiro atoms. The summed E-state index contributed by atoms with van der Waals surface area (Å²) in [6.45, 7) is 2.19. The molecule has 2 aromatic carbocycles. The molecule has 152 valence electrons. The Balaban J connectivity index is 1.85. The molecule has 1 fully saturated rings. The molecule has 2 aliphatic rings. The van der Waals surface area contributed by atoms with Gasteiger partial charge in [-0.2, -0.15) is 0 Å². The van der Waals surface area contributed by atoms with Crippen molar-refractivity contribution in [1.82, 2.24) is 9.80 Å². The van der Waals surface area contributed by atoms with Gasteiger partial charge >= 0.3 is 0 Å². The van der Waals surface area contributed by atoms with E-state index in [2.05, 4.69) is 0 Å². The average molecular weight is 396 g/mol. The summed E-state index contributed by atoms with van der Waals surface area (Å²) in [5, 5.41) is 0. The minimum atomic E-state index is -0.524. The van der Waals surface area contributed by atoms with E-state index in [1.54, 1.807) is 30.2 Å². The number of carbonyl (C=O) groups is 2. The third kappa shape index (κ3) is 3.65. The maximum atomic E-state index is 13.6. The van der Waals surface area contributed by atoms with Gasteiger partial charge in [-0.25, -0.2) is 4.39 Å². The number of carbonyl (C=O) groups excluding carboxylic acids is 2. The second-order valence-electron chi connectivity index (χ2n) is 7.59. The SMILES string of the molecule is COCCN1C(=O)c2ccccc2C(C(=O)N2CCCC2)C1c1ccc(F)cc1. The van der Waals surface area contributed by atoms with Gasteiger partial charge in [0, 0.05) is 32.3 Å². The maximum absolute atomic E-state index is 13.6. The second-order valence-corrected chi connectivity index (χ2v) is 7.59. The van der Waals surface area contributed by atoms with Crippen molar-refractivity contribution in [3.8, 4) is 0 Å². The van der Waals surface area contributed by atoms with E-state index >= 15 is 0 Å². The first-order valence-electron chi connectivity index (χ1n) is 10.0. The summed E-state index contributed by atoms with van der Waals surface area (Å²) in [6.07, 6.45) is 1.99. The fraction of sp³-hybridized carbons (Fsp3) is 0.391. The van der Waals surface area contributed by atoms with Gasteiger partial charge in [0.05, 0.1) is 18.6 Å². The van der Waals surface area contributed by atoms with Crippen molar-refractivity contribution in [2.75, 3.05) is 33.4 Å². The van der Waals surface area contributed by atoms with Crippen LogP contribution < -0.4 is 0 Å². The number of halogens is 1. The van der Waals surface area contributed by atoms with Gasteiger partial charge in [-0.3, -0.25) is 9.59 Å². The molecule has 0 radical (unpaired) electrons. The highest BCUT2D eigenvalue weighted by Gasteiger charge is 2.45. The molecule has 1 saturated heterocycles. The zero-order valence-corrected chi connectivity index (χ0v) is 16.5. The molecule has 2 atom stereocenters. The quantitative estimate of drug-likeness (QED) is 0.779. The van der Waals surface area contributed by atoms with Gasteiger partial charge < -0.3 is 14.5 Å². The van der Waals surface area contributed by atoms with Gasteiger partial charge in [0.25, 0.3) is 5.91 Å². The van der Waals surface area contributed by atoms with Crippen molar-refractivity contribution in [3.63, 3.8) is 0 Å². The molecule has 5 nitrogen and oxygen atoms in total. The number of fused-ring (bicyclic) bond motifs is 1. The number of nitrogens with zero attached hydrogens (tertiary/aromatic N) is 2. The van der Waals surface area contributed by atoms with Crippen LogP contribution in [0.1, 0.15) is 46.3 Å². The van der Waals surface area contributed by atoms with Crippen LogP contribution >= 0.6 is 0 Å². The standard InChI is InChI=1S/C23H25FN2O3/c1-29-15-14-26-21(16-8-10-17(24)11-9-16)20(23(28)25-12-4-5-13-25)18-6-2-3-7-19(18)22(26)27/h2-3,6-11,20-21H,4-5,12-15H2,1H3. The minimum absolute atomic E-state index is 0.0270. The molecule has 6 heteroatoms. The van der Waals surface area contributed by atoms with Crippen molar-refractivity contribution in [1.29, 1.82) is 0 Å². The molecule has 2 aliphatic heterocycles. The van der Waals surface area contributed by atoms with Crippen LogP contribution in [-0.4, -0.2) is 55.0 Å². The van der Waals surface area contributed by atoms with Gasteiger partial charge in [0.15, 0.2) is 0 Å². The first-order chi connectivity index (χ1) is 14.1. The molecule has 0 saturated carbocycles. The van der Waals surface area contributed by atoms with Crippen LogP contribution in [0, 0.1) is 5.82 Å². The predicted octanol–water partition coefficient (Wildman–Crippen LogP) is 3.38. The average Bonchev–Trinajstić information content (AvgIpc) is 3.28. The van der Waals surface area contributed by atoms with Crippen molar-refractivity contribution in [3.05, 3.63) is 71.0 Å². The Morgan fingerprint density at radius 1 is 1.10 bits per heavy atom. The number of rotatable bonds is 5. The number of hydrogen-bond donors (Lipinski definition) is 0. The lowest BCUT2D eigenvalue weighted by Crippen LogP contribution is -2.48. The molecule has 2 amide bonds. The van der Waals surface area contributed by atoms with Crippen LogP contribution in [0.5, 0.6) is 0 Å². The Hall–Kier alpha value is -2.73. The third-order valence-corrected chi connectivity index (χ3v) is 5.87. The van der Waals surface area contributed by atoms with Crippen molar-refractivity contribution in [2.24, 2.45) is 0 Å². The normalized spacial score (nSPS) is 21.4. The topological polar surface area (TPSA) is 49.9 Å². The van der Waals surface area contributed by atoms with Crippen molar-refractivity contribution >= 4 is 11.8 Å². The lowest BCUT2D eigenvalue weighted by atomic mass is 9.79. The molecule has 0 bridgehead atoms. The van der Waals surface area contributed by atoms with Crippen LogP contribution in [0.25, 0.3) is 0 Å². The Morgan fingerprint density at radius 3 is 2.48 bits per heavy atom. The lowest BCUT2D eigenvalue weighted by molar-refractivity contribution is -0.133. The Kier molecular flexibility index (Phi) is 5.62. The van der Waals surface area contributed by atoms with Crippen LogP contribution in [0.15, 0.2) is 48.5 Å². The summed E-state index contributed by atoms with van der Waals surface area (Å²) in [4.78, 5) is 30.6. The highest BCUT2D eigenvalue weighted by atomic mass is 19.1. The van der Waals surface area contributed by atoms with Gasteiger partial charge in [0.2, 0.25) is 5.91 Å². The molecule has 2 unspecified atom stereocenters. The largest absolute Gasteiger partial charge is 0.383 e. The molecule has 2 heterocycles. The first kappa shape index (κ1) is 19.6. The van der Waals surface area contributed by atoms with E-state index in [9.17, 15) is 14.0 Å². The fourth-order valence-electron chi connectivity index (χ4n) is 4.46. The monoisotopic (exact) mass is 396 g/mol. The Labute approximate surface area is 170 Å². The van der Waals surface area contributed by atoms with Gasteiger partial charge in [0.1, 0.15) is 5.82 Å². The maximum Gasteiger partial charge on any atom is 0.254 e. The summed E-state index contributed by atoms with van der Waals surface area (Å²) >= 11 is 0. The van der Waals surface area contributed by atoms with E-state index in [0.29, 0.717) is 18.7 Å². The third-order valence-electron chi connectivity index (χ3n) is 5.87.